The van der Waals surface area contributed by atoms with Crippen molar-refractivity contribution in [3.05, 3.63) is 84.2 Å². The van der Waals surface area contributed by atoms with Gasteiger partial charge in [-0.05, 0) is 42.3 Å². The molecule has 138 valence electrons. The number of benzene rings is 2. The van der Waals surface area contributed by atoms with E-state index in [2.05, 4.69) is 10.3 Å². The lowest BCUT2D eigenvalue weighted by Crippen LogP contribution is -2.26. The molecule has 3 aromatic rings. The Balaban J connectivity index is 1.57. The van der Waals surface area contributed by atoms with E-state index in [1.807, 2.05) is 72.6 Å². The number of anilines is 2. The number of aromatic nitrogens is 1. The second-order valence-electron chi connectivity index (χ2n) is 6.11. The Hall–Kier alpha value is -3.34. The molecule has 0 aliphatic heterocycles. The van der Waals surface area contributed by atoms with Crippen LogP contribution in [0.5, 0.6) is 5.75 Å². The van der Waals surface area contributed by atoms with Crippen molar-refractivity contribution in [1.29, 1.82) is 0 Å². The fourth-order valence-corrected chi connectivity index (χ4v) is 2.83. The maximum atomic E-state index is 12.3. The monoisotopic (exact) mass is 361 g/mol. The standard InChI is InChI=1S/C22H23N3O2/c1-25(18-9-4-3-5-10-18)19-12-13-20(24-16-19)22(26)23-15-14-17-8-6-7-11-21(17)27-2/h3-13,16H,14-15H2,1-2H3,(H,23,26). The third-order valence-electron chi connectivity index (χ3n) is 4.38. The Morgan fingerprint density at radius 1 is 1.00 bits per heavy atom. The first-order chi connectivity index (χ1) is 13.2. The van der Waals surface area contributed by atoms with Gasteiger partial charge in [-0.1, -0.05) is 36.4 Å². The lowest BCUT2D eigenvalue weighted by atomic mass is 10.1. The Morgan fingerprint density at radius 3 is 2.44 bits per heavy atom. The summed E-state index contributed by atoms with van der Waals surface area (Å²) in [6, 6.07) is 21.5. The number of rotatable bonds is 7. The summed E-state index contributed by atoms with van der Waals surface area (Å²) >= 11 is 0. The molecule has 1 aromatic heterocycles. The van der Waals surface area contributed by atoms with Crippen LogP contribution < -0.4 is 15.0 Å². The van der Waals surface area contributed by atoms with Crippen LogP contribution in [-0.4, -0.2) is 31.6 Å². The summed E-state index contributed by atoms with van der Waals surface area (Å²) in [7, 11) is 3.62. The largest absolute Gasteiger partial charge is 0.496 e. The molecule has 3 rings (SSSR count). The minimum atomic E-state index is -0.182. The van der Waals surface area contributed by atoms with Crippen LogP contribution >= 0.6 is 0 Å². The highest BCUT2D eigenvalue weighted by molar-refractivity contribution is 5.92. The van der Waals surface area contributed by atoms with Crippen molar-refractivity contribution in [2.75, 3.05) is 25.6 Å². The van der Waals surface area contributed by atoms with Gasteiger partial charge in [-0.3, -0.25) is 4.79 Å². The van der Waals surface area contributed by atoms with Gasteiger partial charge in [0, 0.05) is 19.3 Å². The number of nitrogens with one attached hydrogen (secondary N) is 1. The van der Waals surface area contributed by atoms with Crippen LogP contribution in [0.15, 0.2) is 72.9 Å². The van der Waals surface area contributed by atoms with Crippen LogP contribution in [0, 0.1) is 0 Å². The van der Waals surface area contributed by atoms with E-state index in [1.165, 1.54) is 0 Å². The molecule has 0 spiro atoms. The Bertz CT molecular complexity index is 880. The topological polar surface area (TPSA) is 54.5 Å². The first kappa shape index (κ1) is 18.5. The SMILES string of the molecule is COc1ccccc1CCNC(=O)c1ccc(N(C)c2ccccc2)cn1. The van der Waals surface area contributed by atoms with Crippen molar-refractivity contribution in [1.82, 2.24) is 10.3 Å². The summed E-state index contributed by atoms with van der Waals surface area (Å²) < 4.78 is 5.33. The molecular weight excluding hydrogens is 338 g/mol. The van der Waals surface area contributed by atoms with Gasteiger partial charge >= 0.3 is 0 Å². The number of nitrogens with zero attached hydrogens (tertiary/aromatic N) is 2. The lowest BCUT2D eigenvalue weighted by Gasteiger charge is -2.19. The van der Waals surface area contributed by atoms with Gasteiger partial charge in [-0.15, -0.1) is 0 Å². The van der Waals surface area contributed by atoms with Crippen molar-refractivity contribution >= 4 is 17.3 Å². The molecule has 0 radical (unpaired) electrons. The van der Waals surface area contributed by atoms with Gasteiger partial charge in [0.1, 0.15) is 11.4 Å². The van der Waals surface area contributed by atoms with Crippen LogP contribution in [0.3, 0.4) is 0 Å². The molecule has 0 saturated heterocycles. The minimum Gasteiger partial charge on any atom is -0.496 e. The zero-order chi connectivity index (χ0) is 19.1. The highest BCUT2D eigenvalue weighted by Gasteiger charge is 2.09. The van der Waals surface area contributed by atoms with Gasteiger partial charge in [-0.25, -0.2) is 4.98 Å². The van der Waals surface area contributed by atoms with Crippen molar-refractivity contribution in [2.24, 2.45) is 0 Å². The summed E-state index contributed by atoms with van der Waals surface area (Å²) in [5.74, 6) is 0.650. The van der Waals surface area contributed by atoms with E-state index in [4.69, 9.17) is 4.74 Å². The molecule has 2 aromatic carbocycles. The Kier molecular flexibility index (Phi) is 6.05. The average molecular weight is 361 g/mol. The van der Waals surface area contributed by atoms with E-state index in [9.17, 15) is 4.79 Å². The van der Waals surface area contributed by atoms with Crippen LogP contribution in [0.2, 0.25) is 0 Å². The molecule has 0 unspecified atom stereocenters. The fraction of sp³-hybridized carbons (Fsp3) is 0.182. The first-order valence-corrected chi connectivity index (χ1v) is 8.84. The summed E-state index contributed by atoms with van der Waals surface area (Å²) in [4.78, 5) is 18.7. The summed E-state index contributed by atoms with van der Waals surface area (Å²) in [5.41, 5.74) is 3.45. The van der Waals surface area contributed by atoms with Crippen molar-refractivity contribution in [3.63, 3.8) is 0 Å². The van der Waals surface area contributed by atoms with E-state index in [1.54, 1.807) is 19.4 Å². The summed E-state index contributed by atoms with van der Waals surface area (Å²) in [5, 5.41) is 2.91. The molecule has 27 heavy (non-hydrogen) atoms. The second-order valence-corrected chi connectivity index (χ2v) is 6.11. The van der Waals surface area contributed by atoms with E-state index in [0.717, 1.165) is 22.7 Å². The van der Waals surface area contributed by atoms with Crippen LogP contribution in [-0.2, 0) is 6.42 Å². The van der Waals surface area contributed by atoms with Crippen molar-refractivity contribution in [3.8, 4) is 5.75 Å². The molecule has 1 heterocycles. The van der Waals surface area contributed by atoms with Crippen molar-refractivity contribution in [2.45, 2.75) is 6.42 Å². The van der Waals surface area contributed by atoms with Crippen molar-refractivity contribution < 1.29 is 9.53 Å². The van der Waals surface area contributed by atoms with Crippen LogP contribution in [0.1, 0.15) is 16.1 Å². The summed E-state index contributed by atoms with van der Waals surface area (Å²) in [6.45, 7) is 0.520. The van der Waals surface area contributed by atoms with E-state index >= 15 is 0 Å². The Morgan fingerprint density at radius 2 is 1.74 bits per heavy atom. The third-order valence-corrected chi connectivity index (χ3v) is 4.38. The molecule has 0 saturated carbocycles. The molecule has 1 N–H and O–H groups in total. The predicted octanol–water partition coefficient (Wildman–Crippen LogP) is 3.83. The van der Waals surface area contributed by atoms with Gasteiger partial charge in [0.25, 0.3) is 5.91 Å². The number of hydrogen-bond acceptors (Lipinski definition) is 4. The number of carbonyl (C=O) groups excluding carboxylic acids is 1. The highest BCUT2D eigenvalue weighted by Crippen LogP contribution is 2.22. The number of pyridine rings is 1. The number of hydrogen-bond donors (Lipinski definition) is 1. The van der Waals surface area contributed by atoms with E-state index < -0.39 is 0 Å². The molecule has 0 fully saturated rings. The molecular formula is C22H23N3O2. The molecule has 0 aliphatic carbocycles. The maximum absolute atomic E-state index is 12.3. The average Bonchev–Trinajstić information content (AvgIpc) is 2.74. The second kappa shape index (κ2) is 8.85. The van der Waals surface area contributed by atoms with E-state index in [-0.39, 0.29) is 5.91 Å². The zero-order valence-electron chi connectivity index (χ0n) is 15.6. The molecule has 0 bridgehead atoms. The number of carbonyl (C=O) groups is 1. The van der Waals surface area contributed by atoms with Gasteiger partial charge in [-0.2, -0.15) is 0 Å². The zero-order valence-corrected chi connectivity index (χ0v) is 15.6. The smallest absolute Gasteiger partial charge is 0.269 e. The van der Waals surface area contributed by atoms with Crippen LogP contribution in [0.25, 0.3) is 0 Å². The molecule has 5 heteroatoms. The maximum Gasteiger partial charge on any atom is 0.269 e. The summed E-state index contributed by atoms with van der Waals surface area (Å²) in [6.07, 6.45) is 2.41. The first-order valence-electron chi connectivity index (χ1n) is 8.84. The number of ether oxygens (including phenoxy) is 1. The van der Waals surface area contributed by atoms with Gasteiger partial charge in [0.15, 0.2) is 0 Å². The lowest BCUT2D eigenvalue weighted by molar-refractivity contribution is 0.0949. The van der Waals surface area contributed by atoms with Gasteiger partial charge < -0.3 is 15.0 Å². The molecule has 0 aliphatic rings. The molecule has 0 atom stereocenters. The van der Waals surface area contributed by atoms with Gasteiger partial charge in [0.05, 0.1) is 19.0 Å². The predicted molar refractivity (Wildman–Crippen MR) is 108 cm³/mol. The van der Waals surface area contributed by atoms with Crippen LogP contribution in [0.4, 0.5) is 11.4 Å². The number of methoxy groups -OCH3 is 1. The number of amides is 1. The van der Waals surface area contributed by atoms with E-state index in [0.29, 0.717) is 18.7 Å². The quantitative estimate of drug-likeness (QED) is 0.695. The molecule has 5 nitrogen and oxygen atoms in total. The number of para-hydroxylation sites is 2. The molecule has 1 amide bonds. The highest BCUT2D eigenvalue weighted by atomic mass is 16.5. The third kappa shape index (κ3) is 4.64. The van der Waals surface area contributed by atoms with Gasteiger partial charge in [0.2, 0.25) is 0 Å². The Labute approximate surface area is 159 Å². The minimum absolute atomic E-state index is 0.182. The normalized spacial score (nSPS) is 10.3. The fourth-order valence-electron chi connectivity index (χ4n) is 2.83.